The fourth-order valence-corrected chi connectivity index (χ4v) is 9.13. The van der Waals surface area contributed by atoms with Gasteiger partial charge in [-0.05, 0) is 80.4 Å². The Kier molecular flexibility index (Phi) is 7.39. The van der Waals surface area contributed by atoms with Crippen LogP contribution in [0, 0.1) is 17.8 Å². The Morgan fingerprint density at radius 2 is 1.49 bits per heavy atom. The normalized spacial score (nSPS) is 38.0. The van der Waals surface area contributed by atoms with Gasteiger partial charge in [-0.3, -0.25) is 10.6 Å². The van der Waals surface area contributed by atoms with Crippen molar-refractivity contribution in [3.8, 4) is 0 Å². The van der Waals surface area contributed by atoms with Crippen LogP contribution in [0.1, 0.15) is 103 Å². The lowest BCUT2D eigenvalue weighted by Gasteiger charge is -2.55. The topological polar surface area (TPSA) is 70.2 Å². The number of hydrogen-bond acceptors (Lipinski definition) is 5. The molecule has 4 unspecified atom stereocenters. The van der Waals surface area contributed by atoms with Crippen LogP contribution in [-0.2, 0) is 9.84 Å². The zero-order valence-electron chi connectivity index (χ0n) is 22.1. The van der Waals surface area contributed by atoms with Gasteiger partial charge in [-0.25, -0.2) is 8.42 Å². The van der Waals surface area contributed by atoms with Crippen molar-refractivity contribution in [3.63, 3.8) is 0 Å². The molecule has 196 valence electrons. The average molecular weight is 502 g/mol. The van der Waals surface area contributed by atoms with Crippen molar-refractivity contribution in [1.82, 2.24) is 16.0 Å². The number of fused-ring (bicyclic) bond motifs is 2. The predicted molar refractivity (Wildman–Crippen MR) is 143 cm³/mol. The minimum Gasteiger partial charge on any atom is -0.307 e. The van der Waals surface area contributed by atoms with Gasteiger partial charge in [0.25, 0.3) is 0 Å². The van der Waals surface area contributed by atoms with Crippen LogP contribution in [-0.4, -0.2) is 38.5 Å². The molecule has 35 heavy (non-hydrogen) atoms. The Morgan fingerprint density at radius 1 is 0.886 bits per heavy atom. The first-order chi connectivity index (χ1) is 16.7. The van der Waals surface area contributed by atoms with Crippen molar-refractivity contribution < 1.29 is 8.42 Å². The standard InChI is InChI=1S/C29H47N3O2S/c1-21-15-23-16-22(2)18-28(17-21,19-23)32-26-20-30-29(13-7-5-4-6-8-14-29)27(31-26)24-9-11-25(12-10-24)35(3,33)34/h9-12,21-23,26-27,30-32H,4-8,13-20H2,1-3H3. The van der Waals surface area contributed by atoms with E-state index in [1.807, 2.05) is 0 Å². The summed E-state index contributed by atoms with van der Waals surface area (Å²) in [4.78, 5) is 0.406. The van der Waals surface area contributed by atoms with Gasteiger partial charge in [0.15, 0.2) is 9.84 Å². The third-order valence-electron chi connectivity index (χ3n) is 9.58. The quantitative estimate of drug-likeness (QED) is 0.520. The van der Waals surface area contributed by atoms with E-state index in [1.54, 1.807) is 12.1 Å². The summed E-state index contributed by atoms with van der Waals surface area (Å²) in [5.41, 5.74) is 1.49. The Hall–Kier alpha value is -0.950. The van der Waals surface area contributed by atoms with Crippen LogP contribution in [0.15, 0.2) is 29.2 Å². The van der Waals surface area contributed by atoms with Crippen LogP contribution < -0.4 is 16.0 Å². The maximum Gasteiger partial charge on any atom is 0.175 e. The number of piperazine rings is 1. The lowest BCUT2D eigenvalue weighted by Crippen LogP contribution is -2.71. The first-order valence-electron chi connectivity index (χ1n) is 14.3. The molecule has 3 N–H and O–H groups in total. The third kappa shape index (κ3) is 5.66. The highest BCUT2D eigenvalue weighted by molar-refractivity contribution is 7.90. The van der Waals surface area contributed by atoms with Crippen LogP contribution >= 0.6 is 0 Å². The van der Waals surface area contributed by atoms with Crippen LogP contribution in [0.4, 0.5) is 0 Å². The van der Waals surface area contributed by atoms with Gasteiger partial charge in [0.2, 0.25) is 0 Å². The van der Waals surface area contributed by atoms with E-state index in [2.05, 4.69) is 41.9 Å². The molecule has 1 spiro atoms. The van der Waals surface area contributed by atoms with Gasteiger partial charge in [0.1, 0.15) is 0 Å². The molecule has 1 aromatic carbocycles. The van der Waals surface area contributed by atoms with E-state index in [9.17, 15) is 8.42 Å². The molecule has 5 nitrogen and oxygen atoms in total. The molecule has 2 bridgehead atoms. The summed E-state index contributed by atoms with van der Waals surface area (Å²) in [5.74, 6) is 2.45. The Morgan fingerprint density at radius 3 is 2.09 bits per heavy atom. The molecule has 1 heterocycles. The second-order valence-electron chi connectivity index (χ2n) is 12.9. The molecular weight excluding hydrogens is 454 g/mol. The first-order valence-corrected chi connectivity index (χ1v) is 16.1. The summed E-state index contributed by atoms with van der Waals surface area (Å²) in [7, 11) is -3.19. The molecule has 0 amide bonds. The van der Waals surface area contributed by atoms with Crippen molar-refractivity contribution in [2.75, 3.05) is 12.8 Å². The Bertz CT molecular complexity index is 949. The Balaban J connectivity index is 1.41. The van der Waals surface area contributed by atoms with E-state index < -0.39 is 9.84 Å². The average Bonchev–Trinajstić information content (AvgIpc) is 2.75. The van der Waals surface area contributed by atoms with Crippen molar-refractivity contribution in [2.24, 2.45) is 17.8 Å². The SMILES string of the molecule is CC1CC2CC(C)CC(NC3CNC4(CCCCCCC4)C(c4ccc(S(C)(=O)=O)cc4)N3)(C1)C2. The van der Waals surface area contributed by atoms with E-state index in [0.717, 1.165) is 24.3 Å². The Labute approximate surface area is 213 Å². The van der Waals surface area contributed by atoms with Crippen LogP contribution in [0.2, 0.25) is 0 Å². The van der Waals surface area contributed by atoms with Crippen LogP contribution in [0.25, 0.3) is 0 Å². The summed E-state index contributed by atoms with van der Waals surface area (Å²) in [6.07, 6.45) is 17.0. The van der Waals surface area contributed by atoms with Gasteiger partial charge in [0, 0.05) is 23.9 Å². The van der Waals surface area contributed by atoms with Crippen molar-refractivity contribution >= 4 is 9.84 Å². The van der Waals surface area contributed by atoms with E-state index in [4.69, 9.17) is 0 Å². The smallest absolute Gasteiger partial charge is 0.175 e. The highest BCUT2D eigenvalue weighted by Crippen LogP contribution is 2.48. The molecule has 1 aliphatic heterocycles. The van der Waals surface area contributed by atoms with Crippen molar-refractivity contribution in [1.29, 1.82) is 0 Å². The first kappa shape index (κ1) is 25.7. The second-order valence-corrected chi connectivity index (χ2v) is 14.9. The molecule has 1 aromatic rings. The fraction of sp³-hybridized carbons (Fsp3) is 0.793. The van der Waals surface area contributed by atoms with Crippen LogP contribution in [0.5, 0.6) is 0 Å². The molecule has 4 aliphatic rings. The molecule has 5 rings (SSSR count). The van der Waals surface area contributed by atoms with Crippen LogP contribution in [0.3, 0.4) is 0 Å². The summed E-state index contributed by atoms with van der Waals surface area (Å²) in [6.45, 7) is 5.84. The maximum absolute atomic E-state index is 12.1. The number of rotatable bonds is 4. The lowest BCUT2D eigenvalue weighted by atomic mass is 9.61. The van der Waals surface area contributed by atoms with E-state index >= 15 is 0 Å². The van der Waals surface area contributed by atoms with Gasteiger partial charge in [-0.2, -0.15) is 0 Å². The zero-order valence-corrected chi connectivity index (χ0v) is 22.9. The minimum absolute atomic E-state index is 0.0329. The molecule has 3 aliphatic carbocycles. The van der Waals surface area contributed by atoms with E-state index in [-0.39, 0.29) is 23.3 Å². The molecule has 0 radical (unpaired) electrons. The monoisotopic (exact) mass is 501 g/mol. The summed E-state index contributed by atoms with van der Waals surface area (Å²) in [6, 6.07) is 7.88. The molecular formula is C29H47N3O2S. The van der Waals surface area contributed by atoms with Crippen molar-refractivity contribution in [2.45, 2.75) is 119 Å². The predicted octanol–water partition coefficient (Wildman–Crippen LogP) is 5.33. The number of sulfone groups is 1. The minimum atomic E-state index is -3.19. The molecule has 4 atom stereocenters. The molecule has 4 fully saturated rings. The van der Waals surface area contributed by atoms with Crippen molar-refractivity contribution in [3.05, 3.63) is 29.8 Å². The van der Waals surface area contributed by atoms with Gasteiger partial charge >= 0.3 is 0 Å². The summed E-state index contributed by atoms with van der Waals surface area (Å²) >= 11 is 0. The number of hydrogen-bond donors (Lipinski definition) is 3. The highest BCUT2D eigenvalue weighted by Gasteiger charge is 2.48. The number of nitrogens with one attached hydrogen (secondary N) is 3. The van der Waals surface area contributed by atoms with E-state index in [1.165, 1.54) is 88.9 Å². The van der Waals surface area contributed by atoms with Gasteiger partial charge in [-0.1, -0.05) is 58.1 Å². The fourth-order valence-electron chi connectivity index (χ4n) is 8.49. The van der Waals surface area contributed by atoms with Gasteiger partial charge in [-0.15, -0.1) is 0 Å². The summed E-state index contributed by atoms with van der Waals surface area (Å²) in [5, 5.41) is 12.4. The second kappa shape index (κ2) is 10.1. The third-order valence-corrected chi connectivity index (χ3v) is 10.7. The number of benzene rings is 1. The molecule has 6 heteroatoms. The van der Waals surface area contributed by atoms with Gasteiger partial charge in [0.05, 0.1) is 17.1 Å². The molecule has 0 aromatic heterocycles. The largest absolute Gasteiger partial charge is 0.307 e. The maximum atomic E-state index is 12.1. The zero-order chi connectivity index (χ0) is 24.7. The lowest BCUT2D eigenvalue weighted by molar-refractivity contribution is 0.0261. The van der Waals surface area contributed by atoms with E-state index in [0.29, 0.717) is 4.90 Å². The molecule has 1 saturated heterocycles. The molecule has 3 saturated carbocycles. The van der Waals surface area contributed by atoms with Gasteiger partial charge < -0.3 is 5.32 Å². The summed E-state index contributed by atoms with van der Waals surface area (Å²) < 4.78 is 24.2. The highest BCUT2D eigenvalue weighted by atomic mass is 32.2.